The van der Waals surface area contributed by atoms with E-state index in [-0.39, 0.29) is 12.6 Å². The monoisotopic (exact) mass is 268 g/mol. The van der Waals surface area contributed by atoms with Gasteiger partial charge >= 0.3 is 0 Å². The number of aliphatic hydroxyl groups is 1. The number of rotatable bonds is 5. The maximum atomic E-state index is 9.48. The zero-order valence-corrected chi connectivity index (χ0v) is 12.4. The molecule has 3 nitrogen and oxygen atoms in total. The van der Waals surface area contributed by atoms with E-state index in [0.29, 0.717) is 12.0 Å². The first kappa shape index (κ1) is 14.0. The van der Waals surface area contributed by atoms with Crippen LogP contribution in [0.5, 0.6) is 0 Å². The quantitative estimate of drug-likeness (QED) is 0.863. The van der Waals surface area contributed by atoms with Crippen molar-refractivity contribution < 1.29 is 5.11 Å². The highest BCUT2D eigenvalue weighted by Gasteiger charge is 2.25. The van der Waals surface area contributed by atoms with E-state index < -0.39 is 0 Å². The van der Waals surface area contributed by atoms with Gasteiger partial charge in [0.15, 0.2) is 0 Å². The lowest BCUT2D eigenvalue weighted by Crippen LogP contribution is -2.37. The average molecular weight is 268 g/mol. The summed E-state index contributed by atoms with van der Waals surface area (Å²) in [5, 5.41) is 14.3. The molecule has 2 unspecified atom stereocenters. The van der Waals surface area contributed by atoms with E-state index in [4.69, 9.17) is 0 Å². The fraction of sp³-hybridized carbons (Fsp3) is 0.786. The summed E-state index contributed by atoms with van der Waals surface area (Å²) in [4.78, 5) is 6.02. The van der Waals surface area contributed by atoms with Gasteiger partial charge in [-0.2, -0.15) is 0 Å². The molecule has 2 N–H and O–H groups in total. The summed E-state index contributed by atoms with van der Waals surface area (Å²) >= 11 is 1.81. The molecule has 2 atom stereocenters. The second-order valence-electron chi connectivity index (χ2n) is 5.66. The van der Waals surface area contributed by atoms with Gasteiger partial charge in [0.2, 0.25) is 0 Å². The Morgan fingerprint density at radius 1 is 1.50 bits per heavy atom. The molecular formula is C14H24N2OS. The normalized spacial score (nSPS) is 21.1. The molecule has 0 bridgehead atoms. The number of nitrogens with zero attached hydrogens (tertiary/aromatic N) is 1. The predicted octanol–water partition coefficient (Wildman–Crippen LogP) is 2.83. The third-order valence-corrected chi connectivity index (χ3v) is 4.60. The summed E-state index contributed by atoms with van der Waals surface area (Å²) in [6, 6.07) is 0.610. The van der Waals surface area contributed by atoms with Crippen LogP contribution in [0, 0.1) is 12.8 Å². The molecule has 0 spiro atoms. The highest BCUT2D eigenvalue weighted by molar-refractivity contribution is 7.11. The molecule has 0 fully saturated rings. The van der Waals surface area contributed by atoms with E-state index in [9.17, 15) is 5.11 Å². The van der Waals surface area contributed by atoms with Crippen molar-refractivity contribution in [3.63, 3.8) is 0 Å². The predicted molar refractivity (Wildman–Crippen MR) is 76.0 cm³/mol. The summed E-state index contributed by atoms with van der Waals surface area (Å²) in [5.41, 5.74) is 1.28. The minimum Gasteiger partial charge on any atom is -0.395 e. The van der Waals surface area contributed by atoms with Crippen molar-refractivity contribution in [1.29, 1.82) is 0 Å². The van der Waals surface area contributed by atoms with E-state index in [1.165, 1.54) is 23.4 Å². The SMILES string of the molecule is Cc1nc2c(s1)C(NC(CO)CC(C)C)CCC2. The maximum absolute atomic E-state index is 9.48. The molecule has 0 aromatic carbocycles. The zero-order valence-electron chi connectivity index (χ0n) is 11.6. The van der Waals surface area contributed by atoms with Gasteiger partial charge in [0, 0.05) is 17.0 Å². The van der Waals surface area contributed by atoms with Gasteiger partial charge in [0.05, 0.1) is 17.3 Å². The Morgan fingerprint density at radius 3 is 2.94 bits per heavy atom. The standard InChI is InChI=1S/C14H24N2OS/c1-9(2)7-11(8-17)16-13-6-4-5-12-14(13)18-10(3)15-12/h9,11,13,16-17H,4-8H2,1-3H3. The van der Waals surface area contributed by atoms with E-state index >= 15 is 0 Å². The Kier molecular flexibility index (Phi) is 4.76. The molecule has 2 rings (SSSR count). The molecule has 1 aliphatic rings. The lowest BCUT2D eigenvalue weighted by Gasteiger charge is -2.28. The maximum Gasteiger partial charge on any atom is 0.0900 e. The molecular weight excluding hydrogens is 244 g/mol. The number of hydrogen-bond acceptors (Lipinski definition) is 4. The summed E-state index contributed by atoms with van der Waals surface area (Å²) in [5.74, 6) is 0.612. The van der Waals surface area contributed by atoms with Gasteiger partial charge in [0.1, 0.15) is 0 Å². The van der Waals surface area contributed by atoms with Gasteiger partial charge in [-0.1, -0.05) is 13.8 Å². The molecule has 0 amide bonds. The number of hydrogen-bond donors (Lipinski definition) is 2. The van der Waals surface area contributed by atoms with Crippen molar-refractivity contribution in [2.75, 3.05) is 6.61 Å². The third kappa shape index (κ3) is 3.31. The molecule has 102 valence electrons. The highest BCUT2D eigenvalue weighted by atomic mass is 32.1. The highest BCUT2D eigenvalue weighted by Crippen LogP contribution is 2.34. The molecule has 1 heterocycles. The first-order valence-electron chi connectivity index (χ1n) is 6.93. The van der Waals surface area contributed by atoms with Crippen LogP contribution >= 0.6 is 11.3 Å². The number of aromatic nitrogens is 1. The lowest BCUT2D eigenvalue weighted by atomic mass is 9.96. The molecule has 0 aliphatic heterocycles. The van der Waals surface area contributed by atoms with Crippen LogP contribution in [-0.2, 0) is 6.42 Å². The van der Waals surface area contributed by atoms with E-state index in [2.05, 4.69) is 31.1 Å². The van der Waals surface area contributed by atoms with E-state index in [1.807, 2.05) is 11.3 Å². The van der Waals surface area contributed by atoms with Gasteiger partial charge in [-0.25, -0.2) is 4.98 Å². The minimum absolute atomic E-state index is 0.211. The zero-order chi connectivity index (χ0) is 13.1. The largest absolute Gasteiger partial charge is 0.395 e. The molecule has 1 aliphatic carbocycles. The van der Waals surface area contributed by atoms with Crippen molar-refractivity contribution in [2.24, 2.45) is 5.92 Å². The first-order valence-corrected chi connectivity index (χ1v) is 7.75. The molecule has 0 saturated carbocycles. The number of nitrogens with one attached hydrogen (secondary N) is 1. The number of aryl methyl sites for hydroxylation is 2. The van der Waals surface area contributed by atoms with Crippen molar-refractivity contribution in [3.05, 3.63) is 15.6 Å². The summed E-state index contributed by atoms with van der Waals surface area (Å²) in [6.07, 6.45) is 4.52. The van der Waals surface area contributed by atoms with Gasteiger partial charge in [-0.3, -0.25) is 0 Å². The van der Waals surface area contributed by atoms with Crippen LogP contribution in [0.4, 0.5) is 0 Å². The second-order valence-corrected chi connectivity index (χ2v) is 6.90. The van der Waals surface area contributed by atoms with Crippen LogP contribution in [0.3, 0.4) is 0 Å². The van der Waals surface area contributed by atoms with Crippen LogP contribution in [-0.4, -0.2) is 22.7 Å². The van der Waals surface area contributed by atoms with Gasteiger partial charge in [0.25, 0.3) is 0 Å². The molecule has 0 radical (unpaired) electrons. The number of thiazole rings is 1. The fourth-order valence-corrected chi connectivity index (χ4v) is 3.82. The van der Waals surface area contributed by atoms with E-state index in [1.54, 1.807) is 0 Å². The number of fused-ring (bicyclic) bond motifs is 1. The Hall–Kier alpha value is -0.450. The summed E-state index contributed by atoms with van der Waals surface area (Å²) in [6.45, 7) is 6.71. The van der Waals surface area contributed by atoms with Crippen LogP contribution in [0.1, 0.15) is 54.7 Å². The molecule has 1 aromatic heterocycles. The van der Waals surface area contributed by atoms with Crippen LogP contribution in [0.15, 0.2) is 0 Å². The van der Waals surface area contributed by atoms with Crippen LogP contribution in [0.25, 0.3) is 0 Å². The van der Waals surface area contributed by atoms with Crippen molar-refractivity contribution in [3.8, 4) is 0 Å². The van der Waals surface area contributed by atoms with E-state index in [0.717, 1.165) is 17.8 Å². The summed E-state index contributed by atoms with van der Waals surface area (Å²) in [7, 11) is 0. The Labute approximate surface area is 114 Å². The number of aliphatic hydroxyl groups excluding tert-OH is 1. The minimum atomic E-state index is 0.211. The smallest absolute Gasteiger partial charge is 0.0900 e. The van der Waals surface area contributed by atoms with Gasteiger partial charge < -0.3 is 10.4 Å². The van der Waals surface area contributed by atoms with Crippen molar-refractivity contribution in [2.45, 2.75) is 58.5 Å². The topological polar surface area (TPSA) is 45.2 Å². The first-order chi connectivity index (χ1) is 8.60. The summed E-state index contributed by atoms with van der Waals surface area (Å²) < 4.78 is 0. The van der Waals surface area contributed by atoms with Crippen molar-refractivity contribution in [1.82, 2.24) is 10.3 Å². The second kappa shape index (κ2) is 6.13. The van der Waals surface area contributed by atoms with Gasteiger partial charge in [-0.15, -0.1) is 11.3 Å². The lowest BCUT2D eigenvalue weighted by molar-refractivity contribution is 0.209. The fourth-order valence-electron chi connectivity index (χ4n) is 2.75. The Bertz CT molecular complexity index is 389. The molecule has 18 heavy (non-hydrogen) atoms. The van der Waals surface area contributed by atoms with Crippen LogP contribution < -0.4 is 5.32 Å². The molecule has 0 saturated heterocycles. The Balaban J connectivity index is 2.05. The van der Waals surface area contributed by atoms with Crippen molar-refractivity contribution >= 4 is 11.3 Å². The molecule has 1 aromatic rings. The van der Waals surface area contributed by atoms with Gasteiger partial charge in [-0.05, 0) is 38.5 Å². The third-order valence-electron chi connectivity index (χ3n) is 3.47. The van der Waals surface area contributed by atoms with Crippen LogP contribution in [0.2, 0.25) is 0 Å². The molecule has 4 heteroatoms. The Morgan fingerprint density at radius 2 is 2.28 bits per heavy atom. The average Bonchev–Trinajstić information content (AvgIpc) is 2.69.